The van der Waals surface area contributed by atoms with E-state index in [0.717, 1.165) is 0 Å². The zero-order chi connectivity index (χ0) is 21.8. The second kappa shape index (κ2) is 10.1. The summed E-state index contributed by atoms with van der Waals surface area (Å²) in [7, 11) is 0. The molecule has 2 aliphatic rings. The quantitative estimate of drug-likeness (QED) is 0.438. The first-order valence-corrected chi connectivity index (χ1v) is 23.1. The van der Waals surface area contributed by atoms with Gasteiger partial charge in [0.2, 0.25) is 0 Å². The molecule has 32 heavy (non-hydrogen) atoms. The fourth-order valence-corrected chi connectivity index (χ4v) is 30.9. The predicted molar refractivity (Wildman–Crippen MR) is 130 cm³/mol. The molecule has 0 bridgehead atoms. The normalized spacial score (nSPS) is 14.5. The third kappa shape index (κ3) is 5.14. The summed E-state index contributed by atoms with van der Waals surface area (Å²) in [6.07, 6.45) is 8.42. The maximum atomic E-state index is 2.60. The van der Waals surface area contributed by atoms with Crippen molar-refractivity contribution in [1.82, 2.24) is 0 Å². The average Bonchev–Trinajstić information content (AvgIpc) is 3.27. The van der Waals surface area contributed by atoms with Crippen molar-refractivity contribution >= 4 is 5.49 Å². The smallest absolute Gasteiger partial charge is 1.00 e. The van der Waals surface area contributed by atoms with Gasteiger partial charge < -0.3 is 24.8 Å². The van der Waals surface area contributed by atoms with Gasteiger partial charge in [0.05, 0.1) is 0 Å². The molecule has 2 aromatic rings. The first-order valence-electron chi connectivity index (χ1n) is 11.3. The van der Waals surface area contributed by atoms with Crippen LogP contribution in [-0.2, 0) is 30.9 Å². The zero-order valence-corrected chi connectivity index (χ0v) is 26.8. The number of allylic oxidation sites excluding steroid dienone is 4. The predicted octanol–water partition coefficient (Wildman–Crippen LogP) is 2.07. The van der Waals surface area contributed by atoms with Gasteiger partial charge in [0.15, 0.2) is 0 Å². The van der Waals surface area contributed by atoms with Crippen molar-refractivity contribution in [3.8, 4) is 11.1 Å². The minimum atomic E-state index is -2.08. The van der Waals surface area contributed by atoms with Crippen molar-refractivity contribution in [2.24, 2.45) is 0 Å². The second-order valence-corrected chi connectivity index (χ2v) is 35.8. The summed E-state index contributed by atoms with van der Waals surface area (Å²) in [5.41, 5.74) is 9.39. The van der Waals surface area contributed by atoms with E-state index in [2.05, 4.69) is 109 Å². The van der Waals surface area contributed by atoms with Crippen LogP contribution in [0.4, 0.5) is 0 Å². The first-order chi connectivity index (χ1) is 14.0. The van der Waals surface area contributed by atoms with Gasteiger partial charge in [-0.25, -0.2) is 0 Å². The molecule has 0 aromatic heterocycles. The van der Waals surface area contributed by atoms with Gasteiger partial charge in [-0.05, 0) is 0 Å². The van der Waals surface area contributed by atoms with Crippen LogP contribution in [0.15, 0.2) is 58.0 Å². The van der Waals surface area contributed by atoms with Crippen LogP contribution in [0.2, 0.25) is 13.1 Å². The Hall–Kier alpha value is -0.413. The summed E-state index contributed by atoms with van der Waals surface area (Å²) >= 11 is -2.08. The van der Waals surface area contributed by atoms with Gasteiger partial charge in [-0.2, -0.15) is 0 Å². The van der Waals surface area contributed by atoms with Gasteiger partial charge in [-0.1, -0.05) is 0 Å². The molecule has 0 radical (unpaired) electrons. The number of benzene rings is 2. The molecule has 0 amide bonds. The third-order valence-corrected chi connectivity index (χ3v) is 32.5. The van der Waals surface area contributed by atoms with Crippen molar-refractivity contribution < 1.29 is 44.9 Å². The standard InChI is InChI=1S/C21H25.C5H5.C2H6Si.2ClH.Hf/c1-20(2,3)16-7-9-18-14(12-16)11-15-13-17(21(4,5)6)8-10-19(15)18;1-2-4-5-3-1;1-3-2;;;/h7-13H,1-6H3;1-3H,4H2;1-2H3;2*1H;/q;;;;;+2/p-2. The van der Waals surface area contributed by atoms with E-state index in [1.807, 2.05) is 3.33 Å². The third-order valence-electron chi connectivity index (χ3n) is 6.69. The van der Waals surface area contributed by atoms with E-state index in [9.17, 15) is 0 Å². The van der Waals surface area contributed by atoms with E-state index in [1.54, 1.807) is 11.1 Å². The van der Waals surface area contributed by atoms with Crippen LogP contribution >= 0.6 is 0 Å². The van der Waals surface area contributed by atoms with Crippen molar-refractivity contribution in [3.63, 3.8) is 0 Å². The molecular formula is C28H36Cl2HfSi. The van der Waals surface area contributed by atoms with Gasteiger partial charge in [-0.15, -0.1) is 0 Å². The Morgan fingerprint density at radius 3 is 1.59 bits per heavy atom. The molecule has 0 fully saturated rings. The first kappa shape index (κ1) is 27.8. The molecule has 4 heteroatoms. The van der Waals surface area contributed by atoms with Crippen LogP contribution in [0.25, 0.3) is 11.1 Å². The monoisotopic (exact) mass is 650 g/mol. The molecule has 0 unspecified atom stereocenters. The number of hydrogen-bond donors (Lipinski definition) is 0. The molecule has 4 rings (SSSR count). The number of rotatable bonds is 2. The maximum absolute atomic E-state index is 2.60. The Balaban J connectivity index is 0.00000181. The van der Waals surface area contributed by atoms with E-state index in [4.69, 9.17) is 0 Å². The van der Waals surface area contributed by atoms with Crippen molar-refractivity contribution in [2.75, 3.05) is 0 Å². The summed E-state index contributed by atoms with van der Waals surface area (Å²) in [5, 5.41) is 0. The Labute approximate surface area is 215 Å². The van der Waals surface area contributed by atoms with Crippen LogP contribution in [0.1, 0.15) is 73.9 Å². The molecule has 2 aromatic carbocycles. The molecule has 0 heterocycles. The number of fused-ring (bicyclic) bond motifs is 3. The van der Waals surface area contributed by atoms with E-state index in [-0.39, 0.29) is 41.1 Å². The van der Waals surface area contributed by atoms with Gasteiger partial charge in [-0.3, -0.25) is 0 Å². The largest absolute Gasteiger partial charge is 1.00 e. The van der Waals surface area contributed by atoms with Crippen molar-refractivity contribution in [3.05, 3.63) is 80.2 Å². The van der Waals surface area contributed by atoms with Crippen LogP contribution in [0.3, 0.4) is 0 Å². The van der Waals surface area contributed by atoms with Gasteiger partial charge in [0.25, 0.3) is 0 Å². The van der Waals surface area contributed by atoms with Crippen molar-refractivity contribution in [1.29, 1.82) is 0 Å². The summed E-state index contributed by atoms with van der Waals surface area (Å²) in [6.45, 7) is 19.3. The number of hydrogen-bond acceptors (Lipinski definition) is 0. The molecule has 170 valence electrons. The molecular weight excluding hydrogens is 614 g/mol. The molecule has 0 atom stereocenters. The van der Waals surface area contributed by atoms with Crippen LogP contribution in [0.5, 0.6) is 0 Å². The number of halogens is 2. The average molecular weight is 650 g/mol. The van der Waals surface area contributed by atoms with E-state index in [1.165, 1.54) is 28.7 Å². The molecule has 2 aliphatic carbocycles. The van der Waals surface area contributed by atoms with Crippen LogP contribution in [0, 0.1) is 0 Å². The Kier molecular flexibility index (Phi) is 8.75. The molecule has 0 nitrogen and oxygen atoms in total. The molecule has 0 spiro atoms. The minimum absolute atomic E-state index is 0. The van der Waals surface area contributed by atoms with Crippen LogP contribution in [-0.4, -0.2) is 5.49 Å². The van der Waals surface area contributed by atoms with Crippen LogP contribution < -0.4 is 24.8 Å². The molecule has 0 aliphatic heterocycles. The summed E-state index contributed by atoms with van der Waals surface area (Å²) in [4.78, 5) is 0. The molecule has 0 N–H and O–H groups in total. The van der Waals surface area contributed by atoms with E-state index >= 15 is 0 Å². The summed E-state index contributed by atoms with van der Waals surface area (Å²) < 4.78 is 2.55. The summed E-state index contributed by atoms with van der Waals surface area (Å²) in [5.74, 6) is 0. The molecule has 0 saturated heterocycles. The van der Waals surface area contributed by atoms with Gasteiger partial charge in [0, 0.05) is 0 Å². The minimum Gasteiger partial charge on any atom is -1.00 e. The maximum Gasteiger partial charge on any atom is -1.00 e. The fourth-order valence-electron chi connectivity index (χ4n) is 4.95. The zero-order valence-electron chi connectivity index (χ0n) is 20.7. The Bertz CT molecular complexity index is 1040. The Morgan fingerprint density at radius 1 is 0.781 bits per heavy atom. The molecule has 0 saturated carbocycles. The van der Waals surface area contributed by atoms with Gasteiger partial charge >= 0.3 is 192 Å². The van der Waals surface area contributed by atoms with E-state index < -0.39 is 20.1 Å². The summed E-state index contributed by atoms with van der Waals surface area (Å²) in [6, 6.07) is 14.8. The fraction of sp³-hybridized carbons (Fsp3) is 0.429. The van der Waals surface area contributed by atoms with Crippen molar-refractivity contribution in [2.45, 2.75) is 75.6 Å². The Morgan fingerprint density at radius 2 is 1.25 bits per heavy atom. The van der Waals surface area contributed by atoms with E-state index in [0.29, 0.717) is 3.67 Å². The topological polar surface area (TPSA) is 0 Å². The second-order valence-electron chi connectivity index (χ2n) is 11.3. The SMILES string of the molecule is C[Si](C)=[Hf+2]([C]1=CC=CC1)[CH]1c2cc(C(C)(C)C)ccc2-c2ccc(C(C)(C)C)cc21.[Cl-].[Cl-]. The van der Waals surface area contributed by atoms with Gasteiger partial charge in [0.1, 0.15) is 0 Å².